The van der Waals surface area contributed by atoms with Crippen molar-refractivity contribution >= 4 is 29.6 Å². The van der Waals surface area contributed by atoms with Gasteiger partial charge in [0, 0.05) is 13.0 Å². The predicted molar refractivity (Wildman–Crippen MR) is 117 cm³/mol. The maximum Gasteiger partial charge on any atom is 0.326 e. The van der Waals surface area contributed by atoms with Gasteiger partial charge in [0.15, 0.2) is 0 Å². The van der Waals surface area contributed by atoms with Gasteiger partial charge >= 0.3 is 5.97 Å². The Morgan fingerprint density at radius 3 is 2.22 bits per heavy atom. The highest BCUT2D eigenvalue weighted by molar-refractivity contribution is 5.94. The van der Waals surface area contributed by atoms with Crippen molar-refractivity contribution in [2.75, 3.05) is 6.54 Å². The number of carboxylic acids is 1. The molecule has 11 nitrogen and oxygen atoms in total. The lowest BCUT2D eigenvalue weighted by Crippen LogP contribution is -2.58. The molecule has 7 N–H and O–H groups in total. The Kier molecular flexibility index (Phi) is 10.6. The molecule has 0 aromatic rings. The summed E-state index contributed by atoms with van der Waals surface area (Å²) < 4.78 is 0. The van der Waals surface area contributed by atoms with Gasteiger partial charge in [-0.05, 0) is 37.5 Å². The first kappa shape index (κ1) is 27.3. The van der Waals surface area contributed by atoms with Crippen molar-refractivity contribution in [2.45, 2.75) is 84.0 Å². The maximum atomic E-state index is 12.9. The monoisotopic (exact) mass is 455 g/mol. The zero-order chi connectivity index (χ0) is 24.6. The quantitative estimate of drug-likeness (QED) is 0.258. The van der Waals surface area contributed by atoms with Gasteiger partial charge in [-0.15, -0.1) is 0 Å². The van der Waals surface area contributed by atoms with E-state index in [-0.39, 0.29) is 31.1 Å². The normalized spacial score (nSPS) is 18.8. The number of primary amides is 1. The third kappa shape index (κ3) is 8.10. The number of rotatable bonds is 12. The van der Waals surface area contributed by atoms with Crippen LogP contribution in [0.1, 0.15) is 59.8 Å². The summed E-state index contributed by atoms with van der Waals surface area (Å²) in [5, 5.41) is 14.6. The molecule has 0 aliphatic carbocycles. The van der Waals surface area contributed by atoms with Gasteiger partial charge in [0.1, 0.15) is 18.1 Å². The molecule has 4 atom stereocenters. The Hall–Kier alpha value is -2.69. The molecule has 32 heavy (non-hydrogen) atoms. The van der Waals surface area contributed by atoms with E-state index >= 15 is 0 Å². The summed E-state index contributed by atoms with van der Waals surface area (Å²) in [6.45, 7) is 7.52. The molecule has 1 aliphatic heterocycles. The molecular formula is C21H37N5O6. The van der Waals surface area contributed by atoms with Gasteiger partial charge in [0.2, 0.25) is 23.6 Å². The first-order valence-corrected chi connectivity index (χ1v) is 11.0. The number of carbonyl (C=O) groups is 5. The van der Waals surface area contributed by atoms with Crippen LogP contribution < -0.4 is 22.1 Å². The summed E-state index contributed by atoms with van der Waals surface area (Å²) in [5.41, 5.74) is 11.0. The Balaban J connectivity index is 2.85. The van der Waals surface area contributed by atoms with E-state index in [1.54, 1.807) is 13.8 Å². The highest BCUT2D eigenvalue weighted by Gasteiger charge is 2.38. The molecule has 0 saturated carbocycles. The molecule has 4 amide bonds. The van der Waals surface area contributed by atoms with E-state index < -0.39 is 53.8 Å². The number of carboxylic acid groups (broad SMARTS) is 1. The van der Waals surface area contributed by atoms with Crippen LogP contribution in [0.4, 0.5) is 0 Å². The van der Waals surface area contributed by atoms with Gasteiger partial charge in [-0.3, -0.25) is 19.2 Å². The van der Waals surface area contributed by atoms with Crippen LogP contribution in [0, 0.1) is 11.8 Å². The van der Waals surface area contributed by atoms with Crippen molar-refractivity contribution in [3.8, 4) is 0 Å². The molecule has 0 bridgehead atoms. The highest BCUT2D eigenvalue weighted by Crippen LogP contribution is 2.20. The topological polar surface area (TPSA) is 185 Å². The van der Waals surface area contributed by atoms with E-state index in [4.69, 9.17) is 11.5 Å². The van der Waals surface area contributed by atoms with Gasteiger partial charge in [-0.25, -0.2) is 4.79 Å². The predicted octanol–water partition coefficient (Wildman–Crippen LogP) is -0.673. The van der Waals surface area contributed by atoms with Crippen LogP contribution in [0.3, 0.4) is 0 Å². The number of nitrogens with zero attached hydrogens (tertiary/aromatic N) is 1. The Labute approximate surface area is 188 Å². The summed E-state index contributed by atoms with van der Waals surface area (Å²) in [5.74, 6) is -3.49. The summed E-state index contributed by atoms with van der Waals surface area (Å²) in [6, 6.07) is -3.76. The second-order valence-electron chi connectivity index (χ2n) is 9.06. The smallest absolute Gasteiger partial charge is 0.326 e. The molecular weight excluding hydrogens is 418 g/mol. The molecule has 4 unspecified atom stereocenters. The van der Waals surface area contributed by atoms with E-state index in [1.165, 1.54) is 4.90 Å². The molecule has 0 radical (unpaired) electrons. The Morgan fingerprint density at radius 1 is 1.09 bits per heavy atom. The molecule has 1 rings (SSSR count). The van der Waals surface area contributed by atoms with Crippen LogP contribution in [-0.4, -0.2) is 70.3 Å². The second-order valence-corrected chi connectivity index (χ2v) is 9.06. The molecule has 0 aromatic carbocycles. The van der Waals surface area contributed by atoms with Gasteiger partial charge in [-0.1, -0.05) is 27.7 Å². The van der Waals surface area contributed by atoms with E-state index in [2.05, 4.69) is 10.6 Å². The van der Waals surface area contributed by atoms with E-state index in [0.29, 0.717) is 19.4 Å². The third-order valence-electron chi connectivity index (χ3n) is 5.43. The number of carbonyl (C=O) groups excluding carboxylic acids is 4. The fourth-order valence-corrected chi connectivity index (χ4v) is 3.68. The highest BCUT2D eigenvalue weighted by atomic mass is 16.4. The molecule has 1 heterocycles. The van der Waals surface area contributed by atoms with Gasteiger partial charge in [0.05, 0.1) is 6.04 Å². The average Bonchev–Trinajstić information content (AvgIpc) is 3.17. The van der Waals surface area contributed by atoms with Gasteiger partial charge in [0.25, 0.3) is 0 Å². The van der Waals surface area contributed by atoms with E-state index in [0.717, 1.165) is 0 Å². The van der Waals surface area contributed by atoms with Crippen LogP contribution in [0.2, 0.25) is 0 Å². The van der Waals surface area contributed by atoms with Crippen molar-refractivity contribution in [1.82, 2.24) is 15.5 Å². The van der Waals surface area contributed by atoms with Crippen LogP contribution in [-0.2, 0) is 24.0 Å². The summed E-state index contributed by atoms with van der Waals surface area (Å²) in [4.78, 5) is 62.2. The van der Waals surface area contributed by atoms with Gasteiger partial charge < -0.3 is 32.1 Å². The molecule has 1 fully saturated rings. The summed E-state index contributed by atoms with van der Waals surface area (Å²) in [6.07, 6.45) is 1.32. The minimum absolute atomic E-state index is 0.0334. The largest absolute Gasteiger partial charge is 0.480 e. The minimum atomic E-state index is -1.14. The molecule has 11 heteroatoms. The number of nitrogens with two attached hydrogens (primary N) is 2. The molecule has 0 aromatic heterocycles. The molecule has 1 saturated heterocycles. The Bertz CT molecular complexity index is 711. The van der Waals surface area contributed by atoms with Crippen molar-refractivity contribution in [3.05, 3.63) is 0 Å². The van der Waals surface area contributed by atoms with Crippen LogP contribution in [0.25, 0.3) is 0 Å². The first-order valence-electron chi connectivity index (χ1n) is 11.0. The lowest BCUT2D eigenvalue weighted by Gasteiger charge is -2.29. The van der Waals surface area contributed by atoms with Crippen molar-refractivity contribution in [3.63, 3.8) is 0 Å². The number of aliphatic carboxylic acids is 1. The summed E-state index contributed by atoms with van der Waals surface area (Å²) >= 11 is 0. The van der Waals surface area contributed by atoms with Crippen LogP contribution >= 0.6 is 0 Å². The second kappa shape index (κ2) is 12.4. The van der Waals surface area contributed by atoms with E-state index in [9.17, 15) is 29.1 Å². The number of amides is 4. The number of hydrogen-bond acceptors (Lipinski definition) is 6. The SMILES string of the molecule is CC(C)CC(NC(=O)C(NC(=O)C1CCCN1C(=O)C(N)CCC(N)=O)C(C)C)C(=O)O. The fourth-order valence-electron chi connectivity index (χ4n) is 3.68. The maximum absolute atomic E-state index is 12.9. The summed E-state index contributed by atoms with van der Waals surface area (Å²) in [7, 11) is 0. The third-order valence-corrected chi connectivity index (χ3v) is 5.43. The van der Waals surface area contributed by atoms with Crippen molar-refractivity contribution < 1.29 is 29.1 Å². The minimum Gasteiger partial charge on any atom is -0.480 e. The van der Waals surface area contributed by atoms with E-state index in [1.807, 2.05) is 13.8 Å². The lowest BCUT2D eigenvalue weighted by atomic mass is 10.00. The zero-order valence-corrected chi connectivity index (χ0v) is 19.3. The van der Waals surface area contributed by atoms with Crippen molar-refractivity contribution in [2.24, 2.45) is 23.3 Å². The average molecular weight is 456 g/mol. The van der Waals surface area contributed by atoms with Crippen LogP contribution in [0.5, 0.6) is 0 Å². The number of likely N-dealkylation sites (tertiary alicyclic amines) is 1. The van der Waals surface area contributed by atoms with Crippen molar-refractivity contribution in [1.29, 1.82) is 0 Å². The molecule has 1 aliphatic rings. The number of hydrogen-bond donors (Lipinski definition) is 5. The van der Waals surface area contributed by atoms with Gasteiger partial charge in [-0.2, -0.15) is 0 Å². The zero-order valence-electron chi connectivity index (χ0n) is 19.3. The standard InChI is InChI=1S/C21H37N5O6/c1-11(2)10-14(21(31)32)24-19(29)17(12(3)4)25-18(28)15-6-5-9-26(15)20(30)13(22)7-8-16(23)27/h11-15,17H,5-10,22H2,1-4H3,(H2,23,27)(H,24,29)(H,25,28)(H,31,32). The fraction of sp³-hybridized carbons (Fsp3) is 0.762. The number of nitrogens with one attached hydrogen (secondary N) is 2. The lowest BCUT2D eigenvalue weighted by molar-refractivity contribution is -0.143. The molecule has 182 valence electrons. The Morgan fingerprint density at radius 2 is 1.72 bits per heavy atom. The first-order chi connectivity index (χ1) is 14.8. The van der Waals surface area contributed by atoms with Crippen LogP contribution in [0.15, 0.2) is 0 Å². The molecule has 0 spiro atoms.